The Morgan fingerprint density at radius 3 is 1.67 bits per heavy atom. The zero-order valence-corrected chi connectivity index (χ0v) is 7.05. The zero-order valence-electron chi connectivity index (χ0n) is 5.48. The molecule has 0 fully saturated rings. The first-order valence-electron chi connectivity index (χ1n) is 2.63. The SMILES string of the molecule is Clc1ccccc1.O=S(O)O.[NaH]. The summed E-state index contributed by atoms with van der Waals surface area (Å²) in [6, 6.07) is 9.44. The molecule has 0 aliphatic carbocycles. The van der Waals surface area contributed by atoms with Gasteiger partial charge in [0.2, 0.25) is 0 Å². The van der Waals surface area contributed by atoms with Crippen LogP contribution in [0, 0.1) is 0 Å². The van der Waals surface area contributed by atoms with Gasteiger partial charge >= 0.3 is 29.6 Å². The molecule has 1 aromatic rings. The molecule has 0 saturated carbocycles. The molecule has 0 aromatic heterocycles. The summed E-state index contributed by atoms with van der Waals surface area (Å²) in [6.07, 6.45) is 0. The predicted molar refractivity (Wildman–Crippen MR) is 52.0 cm³/mol. The Morgan fingerprint density at radius 1 is 1.17 bits per heavy atom. The second kappa shape index (κ2) is 9.67. The van der Waals surface area contributed by atoms with Crippen LogP contribution in [0.3, 0.4) is 0 Å². The van der Waals surface area contributed by atoms with Crippen molar-refractivity contribution in [2.45, 2.75) is 0 Å². The fourth-order valence-electron chi connectivity index (χ4n) is 0.415. The predicted octanol–water partition coefficient (Wildman–Crippen LogP) is 1.37. The molecule has 0 aliphatic rings. The van der Waals surface area contributed by atoms with E-state index < -0.39 is 11.4 Å². The second-order valence-electron chi connectivity index (χ2n) is 1.53. The van der Waals surface area contributed by atoms with E-state index >= 15 is 0 Å². The quantitative estimate of drug-likeness (QED) is 0.511. The first kappa shape index (κ1) is 15.1. The minimum absolute atomic E-state index is 0. The van der Waals surface area contributed by atoms with Crippen molar-refractivity contribution in [3.05, 3.63) is 35.4 Å². The van der Waals surface area contributed by atoms with Crippen molar-refractivity contribution in [2.75, 3.05) is 0 Å². The molecule has 0 heterocycles. The van der Waals surface area contributed by atoms with Gasteiger partial charge in [0.05, 0.1) is 0 Å². The van der Waals surface area contributed by atoms with Crippen molar-refractivity contribution in [1.82, 2.24) is 0 Å². The van der Waals surface area contributed by atoms with E-state index in [0.29, 0.717) is 0 Å². The average Bonchev–Trinajstić information content (AvgIpc) is 1.87. The molecule has 64 valence electrons. The Hall–Kier alpha value is 0.580. The van der Waals surface area contributed by atoms with Crippen LogP contribution in [0.5, 0.6) is 0 Å². The van der Waals surface area contributed by atoms with Crippen LogP contribution in [-0.2, 0) is 11.4 Å². The normalized spacial score (nSPS) is 8.00. The van der Waals surface area contributed by atoms with Crippen molar-refractivity contribution in [3.8, 4) is 0 Å². The summed E-state index contributed by atoms with van der Waals surface area (Å²) in [7, 11) is 0. The van der Waals surface area contributed by atoms with Crippen LogP contribution in [0.4, 0.5) is 0 Å². The van der Waals surface area contributed by atoms with Crippen LogP contribution in [0.15, 0.2) is 30.3 Å². The third-order valence-corrected chi connectivity index (χ3v) is 0.985. The van der Waals surface area contributed by atoms with E-state index in [4.69, 9.17) is 24.9 Å². The second-order valence-corrected chi connectivity index (χ2v) is 2.42. The fraction of sp³-hybridized carbons (Fsp3) is 0. The van der Waals surface area contributed by atoms with Gasteiger partial charge in [-0.15, -0.1) is 0 Å². The van der Waals surface area contributed by atoms with Gasteiger partial charge in [0, 0.05) is 5.02 Å². The Kier molecular flexibility index (Phi) is 12.1. The summed E-state index contributed by atoms with van der Waals surface area (Å²) < 4.78 is 22.8. The Balaban J connectivity index is 0. The van der Waals surface area contributed by atoms with Gasteiger partial charge in [-0.05, 0) is 12.1 Å². The molecule has 0 radical (unpaired) electrons. The first-order valence-corrected chi connectivity index (χ1v) is 4.07. The Bertz CT molecular complexity index is 215. The molecule has 0 aliphatic heterocycles. The summed E-state index contributed by atoms with van der Waals surface area (Å²) in [4.78, 5) is 0. The van der Waals surface area contributed by atoms with Gasteiger partial charge in [0.25, 0.3) is 11.4 Å². The molecule has 1 aromatic carbocycles. The molecule has 12 heavy (non-hydrogen) atoms. The zero-order chi connectivity index (χ0) is 8.69. The summed E-state index contributed by atoms with van der Waals surface area (Å²) in [6.45, 7) is 0. The van der Waals surface area contributed by atoms with Crippen LogP contribution >= 0.6 is 11.6 Å². The summed E-state index contributed by atoms with van der Waals surface area (Å²) in [5.74, 6) is 0. The van der Waals surface area contributed by atoms with Crippen molar-refractivity contribution in [2.24, 2.45) is 0 Å². The van der Waals surface area contributed by atoms with E-state index in [1.807, 2.05) is 30.3 Å². The van der Waals surface area contributed by atoms with E-state index in [9.17, 15) is 0 Å². The van der Waals surface area contributed by atoms with E-state index in [1.165, 1.54) is 0 Å². The molecule has 1 rings (SSSR count). The van der Waals surface area contributed by atoms with E-state index in [-0.39, 0.29) is 29.6 Å². The van der Waals surface area contributed by atoms with Crippen LogP contribution < -0.4 is 0 Å². The topological polar surface area (TPSA) is 57.5 Å². The van der Waals surface area contributed by atoms with Gasteiger partial charge < -0.3 is 0 Å². The number of benzene rings is 1. The van der Waals surface area contributed by atoms with E-state index in [1.54, 1.807) is 0 Å². The monoisotopic (exact) mass is 218 g/mol. The molecule has 0 atom stereocenters. The molecule has 0 amide bonds. The van der Waals surface area contributed by atoms with Crippen LogP contribution in [0.25, 0.3) is 0 Å². The third kappa shape index (κ3) is 13.2. The summed E-state index contributed by atoms with van der Waals surface area (Å²) in [5.41, 5.74) is 0. The first-order chi connectivity index (χ1) is 5.13. The standard InChI is InChI=1S/C6H5Cl.Na.H2O3S.H/c7-6-4-2-1-3-5-6;;1-4(2)3;/h1-5H;;(H2,1,2,3);. The van der Waals surface area contributed by atoms with Gasteiger partial charge in [0.1, 0.15) is 0 Å². The van der Waals surface area contributed by atoms with Gasteiger partial charge in [-0.3, -0.25) is 9.11 Å². The third-order valence-electron chi connectivity index (χ3n) is 0.733. The molecule has 0 saturated heterocycles. The Morgan fingerprint density at radius 2 is 1.50 bits per heavy atom. The maximum atomic E-state index is 8.67. The van der Waals surface area contributed by atoms with Crippen LogP contribution in [0.1, 0.15) is 0 Å². The van der Waals surface area contributed by atoms with Gasteiger partial charge in [0.15, 0.2) is 0 Å². The average molecular weight is 219 g/mol. The van der Waals surface area contributed by atoms with Gasteiger partial charge in [-0.1, -0.05) is 29.8 Å². The molecule has 3 nitrogen and oxygen atoms in total. The minimum atomic E-state index is -2.61. The number of halogens is 1. The molecular formula is C6H8ClNaO3S. The maximum absolute atomic E-state index is 8.67. The summed E-state index contributed by atoms with van der Waals surface area (Å²) >= 11 is 2.93. The van der Waals surface area contributed by atoms with E-state index in [0.717, 1.165) is 5.02 Å². The molecular weight excluding hydrogens is 211 g/mol. The Labute approximate surface area is 101 Å². The molecule has 2 N–H and O–H groups in total. The number of hydrogen-bond donors (Lipinski definition) is 2. The van der Waals surface area contributed by atoms with Crippen LogP contribution in [-0.4, -0.2) is 42.9 Å². The summed E-state index contributed by atoms with van der Waals surface area (Å²) in [5, 5.41) is 0.794. The van der Waals surface area contributed by atoms with Crippen LogP contribution in [0.2, 0.25) is 5.02 Å². The molecule has 0 spiro atoms. The molecule has 0 unspecified atom stereocenters. The van der Waals surface area contributed by atoms with Crippen molar-refractivity contribution >= 4 is 52.5 Å². The van der Waals surface area contributed by atoms with Crippen molar-refractivity contribution in [3.63, 3.8) is 0 Å². The van der Waals surface area contributed by atoms with Crippen molar-refractivity contribution in [1.29, 1.82) is 0 Å². The van der Waals surface area contributed by atoms with E-state index in [2.05, 4.69) is 0 Å². The number of rotatable bonds is 0. The van der Waals surface area contributed by atoms with Gasteiger partial charge in [-0.2, -0.15) is 4.21 Å². The van der Waals surface area contributed by atoms with Gasteiger partial charge in [-0.25, -0.2) is 0 Å². The molecule has 0 bridgehead atoms. The fourth-order valence-corrected chi connectivity index (χ4v) is 0.560. The number of hydrogen-bond acceptors (Lipinski definition) is 1. The molecule has 6 heteroatoms. The van der Waals surface area contributed by atoms with Crippen molar-refractivity contribution < 1.29 is 13.3 Å².